The highest BCUT2D eigenvalue weighted by atomic mass is 15.1. The van der Waals surface area contributed by atoms with Crippen LogP contribution in [0.4, 0.5) is 17.1 Å². The summed E-state index contributed by atoms with van der Waals surface area (Å²) in [5, 5.41) is 2.44. The van der Waals surface area contributed by atoms with Crippen molar-refractivity contribution in [1.29, 1.82) is 0 Å². The van der Waals surface area contributed by atoms with E-state index in [4.69, 9.17) is 0 Å². The zero-order chi connectivity index (χ0) is 39.4. The first-order valence-electron chi connectivity index (χ1n) is 20.3. The van der Waals surface area contributed by atoms with Crippen LogP contribution in [-0.4, -0.2) is 0 Å². The first-order chi connectivity index (χ1) is 28.4. The van der Waals surface area contributed by atoms with Gasteiger partial charge >= 0.3 is 0 Å². The van der Waals surface area contributed by atoms with Crippen LogP contribution in [0.1, 0.15) is 48.6 Å². The molecule has 0 aromatic heterocycles. The second-order valence-electron chi connectivity index (χ2n) is 16.1. The Morgan fingerprint density at radius 3 is 1.83 bits per heavy atom. The highest BCUT2D eigenvalue weighted by Gasteiger charge is 2.47. The lowest BCUT2D eigenvalue weighted by atomic mass is 9.66. The Bertz CT molecular complexity index is 2950. The summed E-state index contributed by atoms with van der Waals surface area (Å²) in [6.45, 7) is 11.1. The van der Waals surface area contributed by atoms with Gasteiger partial charge in [-0.3, -0.25) is 0 Å². The number of allylic oxidation sites excluding steroid dienone is 5. The van der Waals surface area contributed by atoms with E-state index in [0.717, 1.165) is 17.1 Å². The van der Waals surface area contributed by atoms with Gasteiger partial charge in [0.1, 0.15) is 0 Å². The van der Waals surface area contributed by atoms with E-state index in [1.807, 2.05) is 6.08 Å². The highest BCUT2D eigenvalue weighted by Crippen LogP contribution is 2.59. The fourth-order valence-electron chi connectivity index (χ4n) is 9.95. The molecule has 0 saturated heterocycles. The SMILES string of the molecule is C=C/C=C(\C=C/C)C1(c2ccccc2)c2ccc(-c3ccccc3)cc2-c2ccc(N(c3ccc4c(c3)C(C)(C)c3ccccc3-4)c3ccc4ccccc4c3)cc21. The molecule has 8 aromatic carbocycles. The van der Waals surface area contributed by atoms with Gasteiger partial charge in [0.2, 0.25) is 0 Å². The van der Waals surface area contributed by atoms with E-state index in [-0.39, 0.29) is 5.41 Å². The van der Waals surface area contributed by atoms with Gasteiger partial charge in [0.05, 0.1) is 5.41 Å². The number of hydrogen-bond acceptors (Lipinski definition) is 1. The molecular weight excluding hydrogens is 699 g/mol. The molecule has 0 bridgehead atoms. The van der Waals surface area contributed by atoms with Crippen molar-refractivity contribution in [3.63, 3.8) is 0 Å². The maximum absolute atomic E-state index is 4.23. The van der Waals surface area contributed by atoms with Gasteiger partial charge in [-0.1, -0.05) is 184 Å². The van der Waals surface area contributed by atoms with Crippen molar-refractivity contribution in [2.45, 2.75) is 31.6 Å². The first kappa shape index (κ1) is 35.5. The molecular formula is C57H45N. The van der Waals surface area contributed by atoms with Crippen LogP contribution < -0.4 is 4.90 Å². The van der Waals surface area contributed by atoms with Gasteiger partial charge in [-0.2, -0.15) is 0 Å². The molecule has 2 aliphatic rings. The van der Waals surface area contributed by atoms with Gasteiger partial charge < -0.3 is 4.90 Å². The van der Waals surface area contributed by atoms with Gasteiger partial charge in [-0.25, -0.2) is 0 Å². The molecule has 10 rings (SSSR count). The van der Waals surface area contributed by atoms with Crippen LogP contribution >= 0.6 is 0 Å². The Kier molecular flexibility index (Phi) is 8.50. The fraction of sp³-hybridized carbons (Fsp3) is 0.0877. The van der Waals surface area contributed by atoms with Crippen LogP contribution in [0, 0.1) is 0 Å². The van der Waals surface area contributed by atoms with Crippen molar-refractivity contribution >= 4 is 27.8 Å². The average Bonchev–Trinajstić information content (AvgIpc) is 3.69. The zero-order valence-corrected chi connectivity index (χ0v) is 33.3. The summed E-state index contributed by atoms with van der Waals surface area (Å²) >= 11 is 0. The van der Waals surface area contributed by atoms with Crippen LogP contribution in [0.25, 0.3) is 44.2 Å². The van der Waals surface area contributed by atoms with E-state index in [0.29, 0.717) is 0 Å². The van der Waals surface area contributed by atoms with Crippen molar-refractivity contribution in [3.05, 3.63) is 246 Å². The summed E-state index contributed by atoms with van der Waals surface area (Å²) < 4.78 is 0. The van der Waals surface area contributed by atoms with Crippen LogP contribution in [0.5, 0.6) is 0 Å². The van der Waals surface area contributed by atoms with Crippen molar-refractivity contribution in [3.8, 4) is 33.4 Å². The number of anilines is 3. The molecule has 0 saturated carbocycles. The quantitative estimate of drug-likeness (QED) is 0.140. The summed E-state index contributed by atoms with van der Waals surface area (Å²) in [6.07, 6.45) is 8.56. The smallest absolute Gasteiger partial charge is 0.0714 e. The molecule has 0 radical (unpaired) electrons. The molecule has 0 amide bonds. The topological polar surface area (TPSA) is 3.24 Å². The Hall–Kier alpha value is -6.96. The molecule has 58 heavy (non-hydrogen) atoms. The highest BCUT2D eigenvalue weighted by molar-refractivity contribution is 5.94. The summed E-state index contributed by atoms with van der Waals surface area (Å²) in [5.74, 6) is 0. The fourth-order valence-corrected chi connectivity index (χ4v) is 9.95. The normalized spacial score (nSPS) is 16.2. The van der Waals surface area contributed by atoms with Crippen LogP contribution in [0.15, 0.2) is 218 Å². The maximum Gasteiger partial charge on any atom is 0.0714 e. The summed E-state index contributed by atoms with van der Waals surface area (Å²) in [6, 6.07) is 67.5. The first-order valence-corrected chi connectivity index (χ1v) is 20.3. The van der Waals surface area contributed by atoms with Crippen LogP contribution in [-0.2, 0) is 10.8 Å². The van der Waals surface area contributed by atoms with Gasteiger partial charge in [0.15, 0.2) is 0 Å². The molecule has 1 atom stereocenters. The number of rotatable bonds is 8. The van der Waals surface area contributed by atoms with Crippen molar-refractivity contribution in [1.82, 2.24) is 0 Å². The largest absolute Gasteiger partial charge is 0.310 e. The third kappa shape index (κ3) is 5.38. The maximum atomic E-state index is 4.23. The standard InChI is InChI=1S/C57H45N/c1-5-17-43(18-6-2)57(44-23-11-8-12-24-44)53-34-28-42(39-19-9-7-10-20-39)36-51(53)50-33-31-47(38-55(50)57)58(45-29-27-40-21-13-14-22-41(40)35-45)46-30-32-49-48-25-15-16-26-52(48)56(3,4)54(49)37-46/h5-38H,1H2,2-4H3/b18-6-,43-17+. The number of hydrogen-bond donors (Lipinski definition) is 0. The lowest BCUT2D eigenvalue weighted by Crippen LogP contribution is -2.29. The van der Waals surface area contributed by atoms with Crippen molar-refractivity contribution in [2.75, 3.05) is 4.90 Å². The van der Waals surface area contributed by atoms with E-state index >= 15 is 0 Å². The third-order valence-corrected chi connectivity index (χ3v) is 12.6. The second kappa shape index (κ2) is 13.9. The average molecular weight is 744 g/mol. The predicted octanol–water partition coefficient (Wildman–Crippen LogP) is 15.3. The summed E-state index contributed by atoms with van der Waals surface area (Å²) in [5.41, 5.74) is 17.8. The van der Waals surface area contributed by atoms with Crippen molar-refractivity contribution < 1.29 is 0 Å². The molecule has 0 N–H and O–H groups in total. The Morgan fingerprint density at radius 1 is 0.483 bits per heavy atom. The summed E-state index contributed by atoms with van der Waals surface area (Å²) in [7, 11) is 0. The minimum absolute atomic E-state index is 0.133. The van der Waals surface area contributed by atoms with Gasteiger partial charge in [-0.05, 0) is 127 Å². The van der Waals surface area contributed by atoms with Crippen LogP contribution in [0.3, 0.4) is 0 Å². The van der Waals surface area contributed by atoms with Crippen LogP contribution in [0.2, 0.25) is 0 Å². The molecule has 0 spiro atoms. The molecule has 0 heterocycles. The Morgan fingerprint density at radius 2 is 1.09 bits per heavy atom. The number of fused-ring (bicyclic) bond motifs is 7. The van der Waals surface area contributed by atoms with E-state index < -0.39 is 5.41 Å². The Balaban J connectivity index is 1.26. The molecule has 1 nitrogen and oxygen atoms in total. The monoisotopic (exact) mass is 743 g/mol. The molecule has 0 aliphatic heterocycles. The van der Waals surface area contributed by atoms with Gasteiger partial charge in [-0.15, -0.1) is 0 Å². The van der Waals surface area contributed by atoms with Crippen molar-refractivity contribution in [2.24, 2.45) is 0 Å². The molecule has 8 aromatic rings. The zero-order valence-electron chi connectivity index (χ0n) is 33.3. The molecule has 2 aliphatic carbocycles. The second-order valence-corrected chi connectivity index (χ2v) is 16.1. The van der Waals surface area contributed by atoms with Gasteiger partial charge in [0.25, 0.3) is 0 Å². The van der Waals surface area contributed by atoms with Gasteiger partial charge in [0, 0.05) is 22.5 Å². The summed E-state index contributed by atoms with van der Waals surface area (Å²) in [4.78, 5) is 2.47. The van der Waals surface area contributed by atoms with E-state index in [1.54, 1.807) is 0 Å². The van der Waals surface area contributed by atoms with E-state index in [1.165, 1.54) is 77.5 Å². The molecule has 1 heteroatoms. The lowest BCUT2D eigenvalue weighted by Gasteiger charge is -2.36. The van der Waals surface area contributed by atoms with E-state index in [9.17, 15) is 0 Å². The minimum atomic E-state index is -0.603. The molecule has 278 valence electrons. The molecule has 0 fully saturated rings. The predicted molar refractivity (Wildman–Crippen MR) is 246 cm³/mol. The Labute approximate surface area is 342 Å². The van der Waals surface area contributed by atoms with E-state index in [2.05, 4.69) is 232 Å². The minimum Gasteiger partial charge on any atom is -0.310 e. The lowest BCUT2D eigenvalue weighted by molar-refractivity contribution is 0.660. The molecule has 1 unspecified atom stereocenters. The number of benzene rings is 8. The third-order valence-electron chi connectivity index (χ3n) is 12.6. The number of nitrogens with zero attached hydrogens (tertiary/aromatic N) is 1.